The second-order valence-electron chi connectivity index (χ2n) is 7.47. The Morgan fingerprint density at radius 3 is 2.16 bits per heavy atom. The molecule has 0 radical (unpaired) electrons. The zero-order valence-electron chi connectivity index (χ0n) is 17.3. The van der Waals surface area contributed by atoms with Crippen LogP contribution in [0.3, 0.4) is 0 Å². The first-order valence-corrected chi connectivity index (χ1v) is 11.4. The van der Waals surface area contributed by atoms with Gasteiger partial charge in [0, 0.05) is 10.7 Å². The van der Waals surface area contributed by atoms with E-state index in [1.165, 1.54) is 24.3 Å². The quantitative estimate of drug-likeness (QED) is 0.506. The number of carbonyl (C=O) groups excluding carboxylic acids is 1. The molecule has 0 fully saturated rings. The number of benzene rings is 3. The van der Waals surface area contributed by atoms with E-state index in [4.69, 9.17) is 16.3 Å². The van der Waals surface area contributed by atoms with Crippen LogP contribution in [-0.4, -0.2) is 19.9 Å². The Morgan fingerprint density at radius 2 is 1.55 bits per heavy atom. The summed E-state index contributed by atoms with van der Waals surface area (Å²) in [6.07, 6.45) is 0. The van der Waals surface area contributed by atoms with Gasteiger partial charge in [-0.15, -0.1) is 0 Å². The van der Waals surface area contributed by atoms with Crippen LogP contribution in [0.5, 0.6) is 5.75 Å². The highest BCUT2D eigenvalue weighted by atomic mass is 35.5. The summed E-state index contributed by atoms with van der Waals surface area (Å²) in [7, 11) is -3.75. The van der Waals surface area contributed by atoms with Crippen LogP contribution in [0, 0.1) is 6.92 Å². The van der Waals surface area contributed by atoms with E-state index in [1.54, 1.807) is 50.2 Å². The van der Waals surface area contributed by atoms with Crippen molar-refractivity contribution in [3.8, 4) is 5.75 Å². The number of ether oxygens (including phenoxy) is 1. The van der Waals surface area contributed by atoms with E-state index in [9.17, 15) is 13.2 Å². The first kappa shape index (κ1) is 22.7. The maximum Gasteiger partial charge on any atom is 0.267 e. The van der Waals surface area contributed by atoms with Crippen molar-refractivity contribution in [3.63, 3.8) is 0 Å². The highest BCUT2D eigenvalue weighted by Gasteiger charge is 2.30. The van der Waals surface area contributed by atoms with Crippen LogP contribution in [0.25, 0.3) is 0 Å². The minimum absolute atomic E-state index is 0.0884. The zero-order valence-corrected chi connectivity index (χ0v) is 18.9. The number of para-hydroxylation sites is 1. The molecule has 0 heterocycles. The molecule has 3 aromatic rings. The number of sulfonamides is 1. The summed E-state index contributed by atoms with van der Waals surface area (Å²) in [5.41, 5.74) is 0.622. The van der Waals surface area contributed by atoms with Gasteiger partial charge in [-0.2, -0.15) is 0 Å². The van der Waals surface area contributed by atoms with Gasteiger partial charge < -0.3 is 10.1 Å². The first-order valence-electron chi connectivity index (χ1n) is 9.51. The number of hydrogen-bond acceptors (Lipinski definition) is 4. The Morgan fingerprint density at radius 1 is 0.935 bits per heavy atom. The van der Waals surface area contributed by atoms with Crippen LogP contribution < -0.4 is 14.8 Å². The minimum Gasteiger partial charge on any atom is -0.478 e. The monoisotopic (exact) mass is 458 g/mol. The molecule has 0 spiro atoms. The van der Waals surface area contributed by atoms with Gasteiger partial charge in [0.25, 0.3) is 15.9 Å². The third-order valence-corrected chi connectivity index (χ3v) is 6.18. The maximum atomic E-state index is 12.7. The van der Waals surface area contributed by atoms with E-state index in [0.29, 0.717) is 22.1 Å². The smallest absolute Gasteiger partial charge is 0.267 e. The molecule has 0 saturated carbocycles. The molecule has 1 amide bonds. The molecule has 0 saturated heterocycles. The topological polar surface area (TPSA) is 84.5 Å². The molecular formula is C23H23ClN2O4S. The number of halogens is 1. The van der Waals surface area contributed by atoms with Crippen LogP contribution in [0.4, 0.5) is 11.4 Å². The predicted octanol–water partition coefficient (Wildman–Crippen LogP) is 5.25. The fourth-order valence-electron chi connectivity index (χ4n) is 2.73. The van der Waals surface area contributed by atoms with Gasteiger partial charge in [-0.3, -0.25) is 9.52 Å². The molecule has 0 aromatic heterocycles. The molecule has 0 atom stereocenters. The molecule has 0 aliphatic carbocycles. The molecule has 31 heavy (non-hydrogen) atoms. The van der Waals surface area contributed by atoms with Crippen molar-refractivity contribution in [2.24, 2.45) is 0 Å². The third kappa shape index (κ3) is 5.77. The SMILES string of the molecule is Cc1ccccc1NS(=O)(=O)c1ccc(NC(=O)C(C)(C)Oc2ccc(Cl)cc2)cc1. The summed E-state index contributed by atoms with van der Waals surface area (Å²) in [6, 6.07) is 19.8. The molecule has 0 bridgehead atoms. The summed E-state index contributed by atoms with van der Waals surface area (Å²) in [6.45, 7) is 5.11. The number of aryl methyl sites for hydroxylation is 1. The van der Waals surface area contributed by atoms with Crippen molar-refractivity contribution in [2.75, 3.05) is 10.0 Å². The van der Waals surface area contributed by atoms with Gasteiger partial charge in [-0.05, 0) is 80.9 Å². The lowest BCUT2D eigenvalue weighted by Crippen LogP contribution is -2.42. The number of amides is 1. The van der Waals surface area contributed by atoms with Crippen LogP contribution in [0.15, 0.2) is 77.7 Å². The number of carbonyl (C=O) groups is 1. The Labute approximate surface area is 187 Å². The van der Waals surface area contributed by atoms with E-state index < -0.39 is 15.6 Å². The van der Waals surface area contributed by atoms with Gasteiger partial charge in [0.2, 0.25) is 0 Å². The highest BCUT2D eigenvalue weighted by molar-refractivity contribution is 7.92. The molecule has 3 rings (SSSR count). The van der Waals surface area contributed by atoms with E-state index in [0.717, 1.165) is 5.56 Å². The molecular weight excluding hydrogens is 436 g/mol. The lowest BCUT2D eigenvalue weighted by Gasteiger charge is -2.25. The minimum atomic E-state index is -3.75. The fourth-order valence-corrected chi connectivity index (χ4v) is 3.99. The Hall–Kier alpha value is -3.03. The zero-order chi connectivity index (χ0) is 22.6. The molecule has 0 unspecified atom stereocenters. The largest absolute Gasteiger partial charge is 0.478 e. The van der Waals surface area contributed by atoms with E-state index in [-0.39, 0.29) is 10.8 Å². The predicted molar refractivity (Wildman–Crippen MR) is 123 cm³/mol. The molecule has 0 aliphatic rings. The van der Waals surface area contributed by atoms with E-state index in [2.05, 4.69) is 10.0 Å². The number of nitrogens with one attached hydrogen (secondary N) is 2. The van der Waals surface area contributed by atoms with Crippen LogP contribution in [-0.2, 0) is 14.8 Å². The first-order chi connectivity index (χ1) is 14.6. The summed E-state index contributed by atoms with van der Waals surface area (Å²) in [5.74, 6) is 0.129. The molecule has 8 heteroatoms. The van der Waals surface area contributed by atoms with Gasteiger partial charge >= 0.3 is 0 Å². The molecule has 0 aliphatic heterocycles. The van der Waals surface area contributed by atoms with Crippen molar-refractivity contribution < 1.29 is 17.9 Å². The van der Waals surface area contributed by atoms with Gasteiger partial charge in [0.1, 0.15) is 5.75 Å². The Kier molecular flexibility index (Phi) is 6.57. The van der Waals surface area contributed by atoms with Gasteiger partial charge in [-0.25, -0.2) is 8.42 Å². The number of rotatable bonds is 7. The lowest BCUT2D eigenvalue weighted by molar-refractivity contribution is -0.128. The molecule has 6 nitrogen and oxygen atoms in total. The summed E-state index contributed by atoms with van der Waals surface area (Å²) >= 11 is 5.87. The second kappa shape index (κ2) is 8.99. The molecule has 2 N–H and O–H groups in total. The van der Waals surface area contributed by atoms with Crippen molar-refractivity contribution in [1.29, 1.82) is 0 Å². The Balaban J connectivity index is 1.68. The Bertz CT molecular complexity index is 1170. The van der Waals surface area contributed by atoms with Crippen LogP contribution >= 0.6 is 11.6 Å². The van der Waals surface area contributed by atoms with E-state index >= 15 is 0 Å². The molecule has 162 valence electrons. The van der Waals surface area contributed by atoms with Gasteiger partial charge in [0.15, 0.2) is 5.60 Å². The van der Waals surface area contributed by atoms with Crippen molar-refractivity contribution >= 4 is 38.9 Å². The maximum absolute atomic E-state index is 12.7. The van der Waals surface area contributed by atoms with Crippen molar-refractivity contribution in [2.45, 2.75) is 31.3 Å². The highest BCUT2D eigenvalue weighted by Crippen LogP contribution is 2.24. The third-order valence-electron chi connectivity index (χ3n) is 4.55. The van der Waals surface area contributed by atoms with Gasteiger partial charge in [0.05, 0.1) is 10.6 Å². The normalized spacial score (nSPS) is 11.6. The second-order valence-corrected chi connectivity index (χ2v) is 9.58. The average Bonchev–Trinajstić information content (AvgIpc) is 2.71. The van der Waals surface area contributed by atoms with Crippen molar-refractivity contribution in [3.05, 3.63) is 83.4 Å². The van der Waals surface area contributed by atoms with Crippen LogP contribution in [0.1, 0.15) is 19.4 Å². The molecule has 3 aromatic carbocycles. The standard InChI is InChI=1S/C23H23ClN2O4S/c1-16-6-4-5-7-21(16)26-31(28,29)20-14-10-18(11-15-20)25-22(27)23(2,3)30-19-12-8-17(24)9-13-19/h4-15,26H,1-3H3,(H,25,27). The average molecular weight is 459 g/mol. The number of hydrogen-bond donors (Lipinski definition) is 2. The van der Waals surface area contributed by atoms with Crippen molar-refractivity contribution in [1.82, 2.24) is 0 Å². The summed E-state index contributed by atoms with van der Waals surface area (Å²) in [5, 5.41) is 3.32. The fraction of sp³-hybridized carbons (Fsp3) is 0.174. The van der Waals surface area contributed by atoms with Crippen LogP contribution in [0.2, 0.25) is 5.02 Å². The lowest BCUT2D eigenvalue weighted by atomic mass is 10.1. The van der Waals surface area contributed by atoms with Gasteiger partial charge in [-0.1, -0.05) is 29.8 Å². The number of anilines is 2. The summed E-state index contributed by atoms with van der Waals surface area (Å²) in [4.78, 5) is 12.8. The van der Waals surface area contributed by atoms with E-state index in [1.807, 2.05) is 19.1 Å². The summed E-state index contributed by atoms with van der Waals surface area (Å²) < 4.78 is 33.6.